The first-order valence-corrected chi connectivity index (χ1v) is 7.16. The van der Waals surface area contributed by atoms with Crippen molar-refractivity contribution in [3.63, 3.8) is 0 Å². The monoisotopic (exact) mass is 346 g/mol. The SMILES string of the molecule is Clc1ccc(-c2nc3sccn3c2Br)cc1Cl. The van der Waals surface area contributed by atoms with Gasteiger partial charge in [0.1, 0.15) is 10.3 Å². The molecule has 0 aliphatic heterocycles. The zero-order chi connectivity index (χ0) is 12.0. The maximum atomic E-state index is 6.01. The summed E-state index contributed by atoms with van der Waals surface area (Å²) in [4.78, 5) is 5.49. The molecule has 1 aromatic carbocycles. The topological polar surface area (TPSA) is 17.3 Å². The molecule has 0 radical (unpaired) electrons. The first kappa shape index (κ1) is 11.5. The lowest BCUT2D eigenvalue weighted by molar-refractivity contribution is 1.19. The van der Waals surface area contributed by atoms with E-state index >= 15 is 0 Å². The Balaban J connectivity index is 2.22. The number of benzene rings is 1. The van der Waals surface area contributed by atoms with E-state index in [0.717, 1.165) is 20.8 Å². The number of imidazole rings is 1. The van der Waals surface area contributed by atoms with E-state index in [1.807, 2.05) is 28.1 Å². The van der Waals surface area contributed by atoms with Gasteiger partial charge in [0, 0.05) is 17.1 Å². The van der Waals surface area contributed by atoms with Crippen LogP contribution in [0.15, 0.2) is 34.4 Å². The highest BCUT2D eigenvalue weighted by Gasteiger charge is 2.13. The predicted octanol–water partition coefficient (Wildman–Crippen LogP) is 5.13. The van der Waals surface area contributed by atoms with Crippen molar-refractivity contribution in [1.29, 1.82) is 0 Å². The van der Waals surface area contributed by atoms with Crippen molar-refractivity contribution in [3.8, 4) is 11.3 Å². The van der Waals surface area contributed by atoms with Gasteiger partial charge in [-0.15, -0.1) is 11.3 Å². The van der Waals surface area contributed by atoms with Crippen molar-refractivity contribution in [2.24, 2.45) is 0 Å². The smallest absolute Gasteiger partial charge is 0.195 e. The van der Waals surface area contributed by atoms with Gasteiger partial charge < -0.3 is 0 Å². The van der Waals surface area contributed by atoms with E-state index in [-0.39, 0.29) is 0 Å². The van der Waals surface area contributed by atoms with Crippen molar-refractivity contribution in [3.05, 3.63) is 44.4 Å². The van der Waals surface area contributed by atoms with Crippen molar-refractivity contribution in [2.45, 2.75) is 0 Å². The number of thiazole rings is 1. The highest BCUT2D eigenvalue weighted by atomic mass is 79.9. The van der Waals surface area contributed by atoms with Gasteiger partial charge in [0.25, 0.3) is 0 Å². The van der Waals surface area contributed by atoms with Crippen LogP contribution in [0.1, 0.15) is 0 Å². The fourth-order valence-corrected chi connectivity index (χ4v) is 3.32. The van der Waals surface area contributed by atoms with Crippen LogP contribution in [0.25, 0.3) is 16.2 Å². The van der Waals surface area contributed by atoms with Crippen LogP contribution in [0.3, 0.4) is 0 Å². The van der Waals surface area contributed by atoms with E-state index in [1.165, 1.54) is 0 Å². The molecule has 2 nitrogen and oxygen atoms in total. The molecule has 0 aliphatic carbocycles. The standard InChI is InChI=1S/C11H5BrCl2N2S/c12-10-9(15-11-16(10)3-4-17-11)6-1-2-7(13)8(14)5-6/h1-5H. The minimum Gasteiger partial charge on any atom is -0.284 e. The molecule has 0 N–H and O–H groups in total. The Labute approximate surface area is 120 Å². The normalized spacial score (nSPS) is 11.2. The fraction of sp³-hybridized carbons (Fsp3) is 0. The predicted molar refractivity (Wildman–Crippen MR) is 76.2 cm³/mol. The van der Waals surface area contributed by atoms with Crippen molar-refractivity contribution in [2.75, 3.05) is 0 Å². The summed E-state index contributed by atoms with van der Waals surface area (Å²) < 4.78 is 2.91. The first-order chi connectivity index (χ1) is 8.16. The van der Waals surface area contributed by atoms with Gasteiger partial charge in [0.15, 0.2) is 4.96 Å². The van der Waals surface area contributed by atoms with Gasteiger partial charge in [0.05, 0.1) is 10.0 Å². The van der Waals surface area contributed by atoms with E-state index in [4.69, 9.17) is 23.2 Å². The number of nitrogens with zero attached hydrogens (tertiary/aromatic N) is 2. The summed E-state index contributed by atoms with van der Waals surface area (Å²) in [5, 5.41) is 3.08. The molecular formula is C11H5BrCl2N2S. The molecule has 6 heteroatoms. The van der Waals surface area contributed by atoms with E-state index in [1.54, 1.807) is 17.4 Å². The summed E-state index contributed by atoms with van der Waals surface area (Å²) in [6.07, 6.45) is 1.97. The Morgan fingerprint density at radius 2 is 2.06 bits per heavy atom. The molecule has 0 atom stereocenters. The molecule has 3 rings (SSSR count). The van der Waals surface area contributed by atoms with Crippen molar-refractivity contribution < 1.29 is 0 Å². The maximum absolute atomic E-state index is 6.01. The highest BCUT2D eigenvalue weighted by Crippen LogP contribution is 2.33. The number of fused-ring (bicyclic) bond motifs is 1. The third-order valence-corrected chi connectivity index (χ3v) is 4.65. The zero-order valence-electron chi connectivity index (χ0n) is 8.32. The van der Waals surface area contributed by atoms with Crippen LogP contribution in [-0.4, -0.2) is 9.38 Å². The molecule has 0 saturated carbocycles. The second-order valence-electron chi connectivity index (χ2n) is 3.44. The van der Waals surface area contributed by atoms with E-state index < -0.39 is 0 Å². The molecule has 0 bridgehead atoms. The van der Waals surface area contributed by atoms with Crippen LogP contribution < -0.4 is 0 Å². The quantitative estimate of drug-likeness (QED) is 0.596. The first-order valence-electron chi connectivity index (χ1n) is 4.73. The molecule has 0 aliphatic rings. The largest absolute Gasteiger partial charge is 0.284 e. The Kier molecular flexibility index (Phi) is 2.91. The summed E-state index contributed by atoms with van der Waals surface area (Å²) in [5.74, 6) is 0. The lowest BCUT2D eigenvalue weighted by Gasteiger charge is -2.00. The molecule has 0 amide bonds. The van der Waals surface area contributed by atoms with Gasteiger partial charge >= 0.3 is 0 Å². The van der Waals surface area contributed by atoms with Crippen LogP contribution in [0.5, 0.6) is 0 Å². The van der Waals surface area contributed by atoms with Crippen molar-refractivity contribution >= 4 is 55.4 Å². The second-order valence-corrected chi connectivity index (χ2v) is 5.87. The number of hydrogen-bond acceptors (Lipinski definition) is 2. The maximum Gasteiger partial charge on any atom is 0.195 e. The Morgan fingerprint density at radius 1 is 1.24 bits per heavy atom. The molecule has 2 aromatic heterocycles. The molecule has 3 aromatic rings. The third kappa shape index (κ3) is 1.89. The highest BCUT2D eigenvalue weighted by molar-refractivity contribution is 9.10. The minimum absolute atomic E-state index is 0.535. The van der Waals surface area contributed by atoms with E-state index in [2.05, 4.69) is 20.9 Å². The molecule has 0 spiro atoms. The lowest BCUT2D eigenvalue weighted by Crippen LogP contribution is -1.81. The molecule has 2 heterocycles. The van der Waals surface area contributed by atoms with Crippen LogP contribution >= 0.6 is 50.5 Å². The van der Waals surface area contributed by atoms with E-state index in [9.17, 15) is 0 Å². The van der Waals surface area contributed by atoms with Gasteiger partial charge in [-0.05, 0) is 28.1 Å². The number of aromatic nitrogens is 2. The van der Waals surface area contributed by atoms with E-state index in [0.29, 0.717) is 10.0 Å². The van der Waals surface area contributed by atoms with Gasteiger partial charge in [-0.1, -0.05) is 29.3 Å². The summed E-state index contributed by atoms with van der Waals surface area (Å²) in [5.41, 5.74) is 1.82. The van der Waals surface area contributed by atoms with Crippen molar-refractivity contribution in [1.82, 2.24) is 9.38 Å². The Bertz CT molecular complexity index is 705. The minimum atomic E-state index is 0.535. The zero-order valence-corrected chi connectivity index (χ0v) is 12.2. The third-order valence-electron chi connectivity index (χ3n) is 2.40. The van der Waals surface area contributed by atoms with Crippen LogP contribution in [0, 0.1) is 0 Å². The number of halogens is 3. The Morgan fingerprint density at radius 3 is 2.76 bits per heavy atom. The summed E-state index contributed by atoms with van der Waals surface area (Å²) >= 11 is 17.0. The van der Waals surface area contributed by atoms with Crippen LogP contribution in [-0.2, 0) is 0 Å². The lowest BCUT2D eigenvalue weighted by atomic mass is 10.2. The molecule has 0 saturated heterocycles. The summed E-state index contributed by atoms with van der Waals surface area (Å²) in [6, 6.07) is 5.51. The number of rotatable bonds is 1. The average molecular weight is 348 g/mol. The summed E-state index contributed by atoms with van der Waals surface area (Å²) in [6.45, 7) is 0. The second kappa shape index (κ2) is 4.28. The molecular weight excluding hydrogens is 343 g/mol. The van der Waals surface area contributed by atoms with Gasteiger partial charge in [-0.25, -0.2) is 4.98 Å². The average Bonchev–Trinajstić information content (AvgIpc) is 2.86. The van der Waals surface area contributed by atoms with Gasteiger partial charge in [0.2, 0.25) is 0 Å². The molecule has 0 fully saturated rings. The molecule has 0 unspecified atom stereocenters. The number of hydrogen-bond donors (Lipinski definition) is 0. The molecule has 86 valence electrons. The van der Waals surface area contributed by atoms with Crippen LogP contribution in [0.4, 0.5) is 0 Å². The Hall–Kier alpha value is -0.550. The fourth-order valence-electron chi connectivity index (χ4n) is 1.59. The van der Waals surface area contributed by atoms with Crippen LogP contribution in [0.2, 0.25) is 10.0 Å². The van der Waals surface area contributed by atoms with Gasteiger partial charge in [-0.3, -0.25) is 4.40 Å². The molecule has 17 heavy (non-hydrogen) atoms. The van der Waals surface area contributed by atoms with Gasteiger partial charge in [-0.2, -0.15) is 0 Å². The summed E-state index contributed by atoms with van der Waals surface area (Å²) in [7, 11) is 0.